The van der Waals surface area contributed by atoms with Crippen LogP contribution < -0.4 is 5.73 Å². The summed E-state index contributed by atoms with van der Waals surface area (Å²) in [5.74, 6) is -0.957. The van der Waals surface area contributed by atoms with Crippen molar-refractivity contribution in [1.82, 2.24) is 0 Å². The molecule has 0 heterocycles. The zero-order valence-corrected chi connectivity index (χ0v) is 9.22. The van der Waals surface area contributed by atoms with Gasteiger partial charge < -0.3 is 10.8 Å². The van der Waals surface area contributed by atoms with Gasteiger partial charge in [0.15, 0.2) is 0 Å². The van der Waals surface area contributed by atoms with Crippen molar-refractivity contribution in [1.29, 1.82) is 0 Å². The molecule has 78 valence electrons. The SMILES string of the molecule is CC(C)C(N)(CC(C)(C)C)C(=O)O. The lowest BCUT2D eigenvalue weighted by Gasteiger charge is -2.34. The van der Waals surface area contributed by atoms with E-state index in [0.717, 1.165) is 0 Å². The van der Waals surface area contributed by atoms with E-state index in [0.29, 0.717) is 6.42 Å². The Labute approximate surface area is 80.3 Å². The van der Waals surface area contributed by atoms with Crippen LogP contribution in [0.4, 0.5) is 0 Å². The average Bonchev–Trinajstić information content (AvgIpc) is 1.82. The molecule has 0 radical (unpaired) electrons. The predicted molar refractivity (Wildman–Crippen MR) is 53.5 cm³/mol. The van der Waals surface area contributed by atoms with Crippen molar-refractivity contribution in [3.63, 3.8) is 0 Å². The van der Waals surface area contributed by atoms with Crippen LogP contribution in [0, 0.1) is 11.3 Å². The molecule has 13 heavy (non-hydrogen) atoms. The first-order chi connectivity index (χ1) is 5.59. The van der Waals surface area contributed by atoms with Gasteiger partial charge in [-0.15, -0.1) is 0 Å². The summed E-state index contributed by atoms with van der Waals surface area (Å²) in [6.07, 6.45) is 0.493. The summed E-state index contributed by atoms with van der Waals surface area (Å²) < 4.78 is 0. The number of carboxylic acids is 1. The maximum absolute atomic E-state index is 11.0. The number of hydrogen-bond donors (Lipinski definition) is 2. The molecular weight excluding hydrogens is 166 g/mol. The van der Waals surface area contributed by atoms with Crippen molar-refractivity contribution in [2.75, 3.05) is 0 Å². The molecule has 0 bridgehead atoms. The minimum absolute atomic E-state index is 0.0516. The van der Waals surface area contributed by atoms with Crippen LogP contribution in [0.15, 0.2) is 0 Å². The number of hydrogen-bond acceptors (Lipinski definition) is 2. The fourth-order valence-corrected chi connectivity index (χ4v) is 1.40. The van der Waals surface area contributed by atoms with Crippen LogP contribution in [0.25, 0.3) is 0 Å². The van der Waals surface area contributed by atoms with Crippen molar-refractivity contribution in [2.45, 2.75) is 46.6 Å². The van der Waals surface area contributed by atoms with Crippen LogP contribution in [0.3, 0.4) is 0 Å². The first-order valence-electron chi connectivity index (χ1n) is 4.62. The molecule has 0 rings (SSSR count). The van der Waals surface area contributed by atoms with E-state index in [4.69, 9.17) is 10.8 Å². The van der Waals surface area contributed by atoms with E-state index in [-0.39, 0.29) is 11.3 Å². The van der Waals surface area contributed by atoms with Crippen LogP contribution >= 0.6 is 0 Å². The topological polar surface area (TPSA) is 63.3 Å². The minimum Gasteiger partial charge on any atom is -0.480 e. The molecule has 0 aromatic carbocycles. The maximum atomic E-state index is 11.0. The monoisotopic (exact) mass is 187 g/mol. The molecule has 1 unspecified atom stereocenters. The van der Waals surface area contributed by atoms with Gasteiger partial charge in [-0.1, -0.05) is 34.6 Å². The zero-order valence-electron chi connectivity index (χ0n) is 9.22. The van der Waals surface area contributed by atoms with Gasteiger partial charge in [0, 0.05) is 0 Å². The summed E-state index contributed by atoms with van der Waals surface area (Å²) in [6, 6.07) is 0. The molecule has 0 amide bonds. The Morgan fingerprint density at radius 1 is 1.38 bits per heavy atom. The second-order valence-corrected chi connectivity index (χ2v) is 5.24. The Kier molecular flexibility index (Phi) is 3.50. The molecule has 0 aromatic rings. The number of aliphatic carboxylic acids is 1. The normalized spacial score (nSPS) is 17.2. The molecule has 0 fully saturated rings. The number of rotatable bonds is 3. The molecule has 3 heteroatoms. The summed E-state index contributed by atoms with van der Waals surface area (Å²) in [4.78, 5) is 11.0. The Morgan fingerprint density at radius 3 is 1.85 bits per heavy atom. The standard InChI is InChI=1S/C10H21NO2/c1-7(2)10(11,8(12)13)6-9(3,4)5/h7H,6,11H2,1-5H3,(H,12,13). The fourth-order valence-electron chi connectivity index (χ4n) is 1.40. The van der Waals surface area contributed by atoms with E-state index in [1.165, 1.54) is 0 Å². The van der Waals surface area contributed by atoms with Gasteiger partial charge in [-0.3, -0.25) is 4.79 Å². The Hall–Kier alpha value is -0.570. The van der Waals surface area contributed by atoms with Crippen LogP contribution in [0.5, 0.6) is 0 Å². The van der Waals surface area contributed by atoms with E-state index in [1.807, 2.05) is 34.6 Å². The second-order valence-electron chi connectivity index (χ2n) is 5.24. The van der Waals surface area contributed by atoms with Crippen LogP contribution in [-0.4, -0.2) is 16.6 Å². The molecule has 0 saturated heterocycles. The van der Waals surface area contributed by atoms with Crippen molar-refractivity contribution >= 4 is 5.97 Å². The molecule has 0 aromatic heterocycles. The van der Waals surface area contributed by atoms with Gasteiger partial charge in [0.05, 0.1) is 0 Å². The number of nitrogens with two attached hydrogens (primary N) is 1. The van der Waals surface area contributed by atoms with Crippen LogP contribution in [0.2, 0.25) is 0 Å². The molecule has 0 aliphatic rings. The lowest BCUT2D eigenvalue weighted by atomic mass is 9.74. The fraction of sp³-hybridized carbons (Fsp3) is 0.900. The first kappa shape index (κ1) is 12.4. The van der Waals surface area contributed by atoms with Gasteiger partial charge in [-0.25, -0.2) is 0 Å². The molecule has 0 spiro atoms. The molecule has 3 nitrogen and oxygen atoms in total. The van der Waals surface area contributed by atoms with Crippen LogP contribution in [-0.2, 0) is 4.79 Å². The third kappa shape index (κ3) is 3.35. The Morgan fingerprint density at radius 2 is 1.77 bits per heavy atom. The molecular formula is C10H21NO2. The quantitative estimate of drug-likeness (QED) is 0.709. The molecule has 0 saturated carbocycles. The van der Waals surface area contributed by atoms with E-state index in [9.17, 15) is 4.79 Å². The van der Waals surface area contributed by atoms with Crippen molar-refractivity contribution < 1.29 is 9.90 Å². The molecule has 1 atom stereocenters. The predicted octanol–water partition coefficient (Wildman–Crippen LogP) is 1.86. The van der Waals surface area contributed by atoms with Gasteiger partial charge in [0.2, 0.25) is 0 Å². The maximum Gasteiger partial charge on any atom is 0.323 e. The van der Waals surface area contributed by atoms with E-state index >= 15 is 0 Å². The smallest absolute Gasteiger partial charge is 0.323 e. The lowest BCUT2D eigenvalue weighted by Crippen LogP contribution is -2.54. The number of carboxylic acid groups (broad SMARTS) is 1. The van der Waals surface area contributed by atoms with Crippen molar-refractivity contribution in [3.05, 3.63) is 0 Å². The highest BCUT2D eigenvalue weighted by Gasteiger charge is 2.40. The summed E-state index contributed by atoms with van der Waals surface area (Å²) >= 11 is 0. The van der Waals surface area contributed by atoms with Crippen molar-refractivity contribution in [2.24, 2.45) is 17.1 Å². The molecule has 3 N–H and O–H groups in total. The van der Waals surface area contributed by atoms with Crippen LogP contribution in [0.1, 0.15) is 41.0 Å². The highest BCUT2D eigenvalue weighted by atomic mass is 16.4. The Bertz CT molecular complexity index is 194. The highest BCUT2D eigenvalue weighted by molar-refractivity contribution is 5.78. The first-order valence-corrected chi connectivity index (χ1v) is 4.62. The third-order valence-corrected chi connectivity index (χ3v) is 2.25. The summed E-state index contributed by atoms with van der Waals surface area (Å²) in [5.41, 5.74) is 4.71. The summed E-state index contributed by atoms with van der Waals surface area (Å²) in [5, 5.41) is 9.04. The summed E-state index contributed by atoms with van der Waals surface area (Å²) in [6.45, 7) is 9.69. The minimum atomic E-state index is -1.10. The largest absolute Gasteiger partial charge is 0.480 e. The molecule has 0 aliphatic heterocycles. The van der Waals surface area contributed by atoms with Gasteiger partial charge >= 0.3 is 5.97 Å². The van der Waals surface area contributed by atoms with E-state index in [1.54, 1.807) is 0 Å². The van der Waals surface area contributed by atoms with Gasteiger partial charge in [0.25, 0.3) is 0 Å². The molecule has 0 aliphatic carbocycles. The van der Waals surface area contributed by atoms with E-state index in [2.05, 4.69) is 0 Å². The van der Waals surface area contributed by atoms with E-state index < -0.39 is 11.5 Å². The van der Waals surface area contributed by atoms with Gasteiger partial charge in [-0.05, 0) is 17.8 Å². The third-order valence-electron chi connectivity index (χ3n) is 2.25. The Balaban J connectivity index is 4.73. The van der Waals surface area contributed by atoms with Gasteiger partial charge in [0.1, 0.15) is 5.54 Å². The van der Waals surface area contributed by atoms with Crippen molar-refractivity contribution in [3.8, 4) is 0 Å². The lowest BCUT2D eigenvalue weighted by molar-refractivity contribution is -0.146. The van der Waals surface area contributed by atoms with Gasteiger partial charge in [-0.2, -0.15) is 0 Å². The average molecular weight is 187 g/mol. The highest BCUT2D eigenvalue weighted by Crippen LogP contribution is 2.30. The number of carbonyl (C=O) groups is 1. The summed E-state index contributed by atoms with van der Waals surface area (Å²) in [7, 11) is 0. The zero-order chi connectivity index (χ0) is 10.9. The second kappa shape index (κ2) is 3.66.